The van der Waals surface area contributed by atoms with Gasteiger partial charge in [0.2, 0.25) is 0 Å². The van der Waals surface area contributed by atoms with Gasteiger partial charge in [-0.3, -0.25) is 0 Å². The molecule has 2 rings (SSSR count). The van der Waals surface area contributed by atoms with Crippen LogP contribution in [0.1, 0.15) is 21.7 Å². The van der Waals surface area contributed by atoms with Crippen LogP contribution in [0.5, 0.6) is 0 Å². The van der Waals surface area contributed by atoms with Crippen molar-refractivity contribution in [3.05, 3.63) is 45.3 Å². The van der Waals surface area contributed by atoms with Crippen LogP contribution >= 0.6 is 23.1 Å². The highest BCUT2D eigenvalue weighted by Crippen LogP contribution is 2.17. The minimum absolute atomic E-state index is 0.977. The zero-order valence-electron chi connectivity index (χ0n) is 11.7. The molecular formula is C15H20N2S2. The van der Waals surface area contributed by atoms with Gasteiger partial charge in [-0.2, -0.15) is 0 Å². The largest absolute Gasteiger partial charge is 0.311 e. The summed E-state index contributed by atoms with van der Waals surface area (Å²) in [6.45, 7) is 8.33. The fraction of sp³-hybridized carbons (Fsp3) is 0.400. The average Bonchev–Trinajstić information content (AvgIpc) is 2.73. The Morgan fingerprint density at radius 1 is 1.26 bits per heavy atom. The quantitative estimate of drug-likeness (QED) is 0.644. The number of rotatable bonds is 6. The fourth-order valence-electron chi connectivity index (χ4n) is 1.89. The lowest BCUT2D eigenvalue weighted by Gasteiger charge is -2.05. The SMILES string of the molecule is Cc1cc(C)nc(SCCNCc2sccc2C)c1. The third-order valence-corrected chi connectivity index (χ3v) is 4.79. The van der Waals surface area contributed by atoms with E-state index < -0.39 is 0 Å². The van der Waals surface area contributed by atoms with Crippen LogP contribution in [0.15, 0.2) is 28.6 Å². The van der Waals surface area contributed by atoms with E-state index in [0.29, 0.717) is 0 Å². The normalized spacial score (nSPS) is 10.9. The number of hydrogen-bond donors (Lipinski definition) is 1. The first-order valence-electron chi connectivity index (χ1n) is 6.47. The molecular weight excluding hydrogens is 272 g/mol. The second kappa shape index (κ2) is 7.08. The van der Waals surface area contributed by atoms with Gasteiger partial charge in [-0.05, 0) is 55.5 Å². The van der Waals surface area contributed by atoms with Gasteiger partial charge >= 0.3 is 0 Å². The van der Waals surface area contributed by atoms with E-state index >= 15 is 0 Å². The highest BCUT2D eigenvalue weighted by Gasteiger charge is 2.00. The van der Waals surface area contributed by atoms with Crippen LogP contribution in [0, 0.1) is 20.8 Å². The molecule has 0 fully saturated rings. The third kappa shape index (κ3) is 4.64. The van der Waals surface area contributed by atoms with Gasteiger partial charge in [0.05, 0.1) is 5.03 Å². The number of hydrogen-bond acceptors (Lipinski definition) is 4. The van der Waals surface area contributed by atoms with Gasteiger partial charge in [-0.15, -0.1) is 23.1 Å². The van der Waals surface area contributed by atoms with Crippen molar-refractivity contribution < 1.29 is 0 Å². The first kappa shape index (κ1) is 14.6. The summed E-state index contributed by atoms with van der Waals surface area (Å²) in [5.74, 6) is 1.06. The van der Waals surface area contributed by atoms with E-state index in [1.807, 2.05) is 23.1 Å². The van der Waals surface area contributed by atoms with Crippen molar-refractivity contribution in [3.8, 4) is 0 Å². The second-order valence-electron chi connectivity index (χ2n) is 4.68. The molecule has 0 aliphatic rings. The van der Waals surface area contributed by atoms with Crippen molar-refractivity contribution in [3.63, 3.8) is 0 Å². The Labute approximate surface area is 123 Å². The van der Waals surface area contributed by atoms with Crippen LogP contribution in [-0.4, -0.2) is 17.3 Å². The van der Waals surface area contributed by atoms with Crippen molar-refractivity contribution in [2.75, 3.05) is 12.3 Å². The molecule has 2 aromatic heterocycles. The van der Waals surface area contributed by atoms with E-state index in [2.05, 4.69) is 54.7 Å². The fourth-order valence-corrected chi connectivity index (χ4v) is 3.70. The number of aryl methyl sites for hydroxylation is 3. The second-order valence-corrected chi connectivity index (χ2v) is 6.79. The van der Waals surface area contributed by atoms with Gasteiger partial charge in [-0.25, -0.2) is 4.98 Å². The van der Waals surface area contributed by atoms with Crippen LogP contribution < -0.4 is 5.32 Å². The Kier molecular flexibility index (Phi) is 5.43. The zero-order chi connectivity index (χ0) is 13.7. The van der Waals surface area contributed by atoms with E-state index in [0.717, 1.165) is 29.6 Å². The molecule has 0 aromatic carbocycles. The molecule has 102 valence electrons. The molecule has 0 aliphatic heterocycles. The van der Waals surface area contributed by atoms with Crippen molar-refractivity contribution in [1.29, 1.82) is 0 Å². The van der Waals surface area contributed by atoms with Gasteiger partial charge in [0, 0.05) is 29.4 Å². The number of thioether (sulfide) groups is 1. The van der Waals surface area contributed by atoms with Crippen LogP contribution in [0.3, 0.4) is 0 Å². The predicted molar refractivity (Wildman–Crippen MR) is 85.2 cm³/mol. The lowest BCUT2D eigenvalue weighted by molar-refractivity contribution is 0.738. The van der Waals surface area contributed by atoms with Crippen LogP contribution in [0.4, 0.5) is 0 Å². The number of nitrogens with zero attached hydrogens (tertiary/aromatic N) is 1. The summed E-state index contributed by atoms with van der Waals surface area (Å²) < 4.78 is 0. The molecule has 0 bridgehead atoms. The van der Waals surface area contributed by atoms with Crippen molar-refractivity contribution in [2.45, 2.75) is 32.3 Å². The maximum absolute atomic E-state index is 4.53. The molecule has 0 saturated carbocycles. The number of nitrogens with one attached hydrogen (secondary N) is 1. The lowest BCUT2D eigenvalue weighted by atomic mass is 10.3. The molecule has 0 unspecified atom stereocenters. The monoisotopic (exact) mass is 292 g/mol. The molecule has 2 nitrogen and oxygen atoms in total. The number of pyridine rings is 1. The van der Waals surface area contributed by atoms with Crippen LogP contribution in [0.2, 0.25) is 0 Å². The van der Waals surface area contributed by atoms with Gasteiger partial charge in [0.1, 0.15) is 0 Å². The molecule has 4 heteroatoms. The molecule has 0 amide bonds. The lowest BCUT2D eigenvalue weighted by Crippen LogP contribution is -2.16. The Morgan fingerprint density at radius 3 is 2.79 bits per heavy atom. The average molecular weight is 292 g/mol. The van der Waals surface area contributed by atoms with E-state index in [1.165, 1.54) is 16.0 Å². The molecule has 19 heavy (non-hydrogen) atoms. The van der Waals surface area contributed by atoms with Gasteiger partial charge in [0.15, 0.2) is 0 Å². The molecule has 0 aliphatic carbocycles. The number of aromatic nitrogens is 1. The van der Waals surface area contributed by atoms with E-state index in [4.69, 9.17) is 0 Å². The minimum atomic E-state index is 0.977. The summed E-state index contributed by atoms with van der Waals surface area (Å²) in [5.41, 5.74) is 3.78. The van der Waals surface area contributed by atoms with Gasteiger partial charge < -0.3 is 5.32 Å². The summed E-state index contributed by atoms with van der Waals surface area (Å²) >= 11 is 3.65. The first-order valence-corrected chi connectivity index (χ1v) is 8.33. The molecule has 0 atom stereocenters. The smallest absolute Gasteiger partial charge is 0.0966 e. The van der Waals surface area contributed by atoms with E-state index in [1.54, 1.807) is 0 Å². The molecule has 0 radical (unpaired) electrons. The predicted octanol–water partition coefficient (Wildman–Crippen LogP) is 3.95. The summed E-state index contributed by atoms with van der Waals surface area (Å²) in [6.07, 6.45) is 0. The maximum atomic E-state index is 4.53. The molecule has 0 spiro atoms. The zero-order valence-corrected chi connectivity index (χ0v) is 13.3. The molecule has 2 aromatic rings. The standard InChI is InChI=1S/C15H20N2S2/c1-11-8-13(3)17-15(9-11)19-7-5-16-10-14-12(2)4-6-18-14/h4,6,8-9,16H,5,7,10H2,1-3H3. The van der Waals surface area contributed by atoms with Gasteiger partial charge in [-0.1, -0.05) is 0 Å². The Bertz CT molecular complexity index is 514. The maximum Gasteiger partial charge on any atom is 0.0966 e. The summed E-state index contributed by atoms with van der Waals surface area (Å²) in [5, 5.41) is 6.77. The Morgan fingerprint density at radius 2 is 2.11 bits per heavy atom. The highest BCUT2D eigenvalue weighted by molar-refractivity contribution is 7.99. The summed E-state index contributed by atoms with van der Waals surface area (Å²) in [7, 11) is 0. The van der Waals surface area contributed by atoms with Crippen molar-refractivity contribution in [2.24, 2.45) is 0 Å². The third-order valence-electron chi connectivity index (χ3n) is 2.86. The Hall–Kier alpha value is -0.840. The van der Waals surface area contributed by atoms with Crippen molar-refractivity contribution in [1.82, 2.24) is 10.3 Å². The van der Waals surface area contributed by atoms with Crippen LogP contribution in [-0.2, 0) is 6.54 Å². The highest BCUT2D eigenvalue weighted by atomic mass is 32.2. The van der Waals surface area contributed by atoms with Gasteiger partial charge in [0.25, 0.3) is 0 Å². The van der Waals surface area contributed by atoms with Crippen molar-refractivity contribution >= 4 is 23.1 Å². The summed E-state index contributed by atoms with van der Waals surface area (Å²) in [4.78, 5) is 5.97. The summed E-state index contributed by atoms with van der Waals surface area (Å²) in [6, 6.07) is 6.44. The van der Waals surface area contributed by atoms with E-state index in [9.17, 15) is 0 Å². The Balaban J connectivity index is 1.71. The number of thiophene rings is 1. The topological polar surface area (TPSA) is 24.9 Å². The molecule has 0 saturated heterocycles. The van der Waals surface area contributed by atoms with E-state index in [-0.39, 0.29) is 0 Å². The molecule has 1 N–H and O–H groups in total. The van der Waals surface area contributed by atoms with Crippen LogP contribution in [0.25, 0.3) is 0 Å². The minimum Gasteiger partial charge on any atom is -0.311 e. The first-order chi connectivity index (χ1) is 9.15. The molecule has 2 heterocycles.